The number of para-hydroxylation sites is 1. The van der Waals surface area contributed by atoms with Crippen LogP contribution in [-0.4, -0.2) is 21.0 Å². The van der Waals surface area contributed by atoms with Gasteiger partial charge in [0.25, 0.3) is 6.20 Å². The van der Waals surface area contributed by atoms with Crippen LogP contribution in [0, 0.1) is 10.1 Å². The maximum absolute atomic E-state index is 10.7. The number of aryl methyl sites for hydroxylation is 1. The first-order chi connectivity index (χ1) is 10.2. The lowest BCUT2D eigenvalue weighted by Crippen LogP contribution is -2.22. The number of nitrogens with zero attached hydrogens (tertiary/aromatic N) is 3. The monoisotopic (exact) mass is 287 g/mol. The van der Waals surface area contributed by atoms with Crippen LogP contribution in [0.1, 0.15) is 6.42 Å². The Balaban J connectivity index is 1.84. The predicted octanol–water partition coefficient (Wildman–Crippen LogP) is 2.05. The van der Waals surface area contributed by atoms with Gasteiger partial charge in [-0.3, -0.25) is 10.1 Å². The molecule has 1 aromatic carbocycles. The summed E-state index contributed by atoms with van der Waals surface area (Å²) in [4.78, 5) is 14.1. The Morgan fingerprint density at radius 2 is 2.19 bits per heavy atom. The standard InChI is InChI=1S/C14H17N5O2/c20-19(21)11-14(17-13-5-2-1-3-6-13)16-7-4-9-18-10-8-15-12-18/h1-3,5-6,8,10-12,16-17H,4,7,9H2. The highest BCUT2D eigenvalue weighted by Gasteiger charge is 2.03. The van der Waals surface area contributed by atoms with Crippen molar-refractivity contribution in [1.82, 2.24) is 14.9 Å². The fraction of sp³-hybridized carbons (Fsp3) is 0.214. The van der Waals surface area contributed by atoms with Crippen LogP contribution >= 0.6 is 0 Å². The fourth-order valence-corrected chi connectivity index (χ4v) is 1.81. The number of aromatic nitrogens is 2. The van der Waals surface area contributed by atoms with Crippen molar-refractivity contribution >= 4 is 5.69 Å². The smallest absolute Gasteiger partial charge is 0.274 e. The Labute approximate surface area is 122 Å². The van der Waals surface area contributed by atoms with E-state index in [2.05, 4.69) is 15.6 Å². The first-order valence-corrected chi connectivity index (χ1v) is 6.61. The maximum Gasteiger partial charge on any atom is 0.274 e. The van der Waals surface area contributed by atoms with E-state index in [0.29, 0.717) is 12.4 Å². The van der Waals surface area contributed by atoms with Crippen LogP contribution in [0.5, 0.6) is 0 Å². The highest BCUT2D eigenvalue weighted by atomic mass is 16.6. The van der Waals surface area contributed by atoms with Gasteiger partial charge in [0, 0.05) is 31.2 Å². The number of nitro groups is 1. The molecule has 0 aliphatic rings. The molecule has 0 bridgehead atoms. The third-order valence-corrected chi connectivity index (χ3v) is 2.76. The molecule has 110 valence electrons. The van der Waals surface area contributed by atoms with Gasteiger partial charge in [0.15, 0.2) is 5.82 Å². The largest absolute Gasteiger partial charge is 0.366 e. The van der Waals surface area contributed by atoms with Gasteiger partial charge in [-0.05, 0) is 18.6 Å². The molecule has 7 heteroatoms. The number of nitrogens with one attached hydrogen (secondary N) is 2. The molecule has 7 nitrogen and oxygen atoms in total. The topological polar surface area (TPSA) is 85.0 Å². The molecule has 0 spiro atoms. The van der Waals surface area contributed by atoms with Crippen molar-refractivity contribution in [3.05, 3.63) is 71.2 Å². The molecule has 21 heavy (non-hydrogen) atoms. The second-order valence-electron chi connectivity index (χ2n) is 4.40. The molecule has 0 fully saturated rings. The zero-order chi connectivity index (χ0) is 14.9. The van der Waals surface area contributed by atoms with Crippen LogP contribution in [0.2, 0.25) is 0 Å². The summed E-state index contributed by atoms with van der Waals surface area (Å²) in [5.74, 6) is 0.372. The van der Waals surface area contributed by atoms with Crippen LogP contribution in [0.25, 0.3) is 0 Å². The van der Waals surface area contributed by atoms with Gasteiger partial charge in [0.2, 0.25) is 0 Å². The van der Waals surface area contributed by atoms with E-state index < -0.39 is 4.92 Å². The van der Waals surface area contributed by atoms with E-state index in [9.17, 15) is 10.1 Å². The lowest BCUT2D eigenvalue weighted by atomic mass is 10.3. The Kier molecular flexibility index (Phi) is 5.33. The highest BCUT2D eigenvalue weighted by Crippen LogP contribution is 2.07. The minimum atomic E-state index is -0.478. The third-order valence-electron chi connectivity index (χ3n) is 2.76. The van der Waals surface area contributed by atoms with Crippen LogP contribution < -0.4 is 10.6 Å². The molecule has 0 saturated carbocycles. The molecule has 2 N–H and O–H groups in total. The minimum absolute atomic E-state index is 0.372. The van der Waals surface area contributed by atoms with Crippen LogP contribution in [-0.2, 0) is 6.54 Å². The van der Waals surface area contributed by atoms with Crippen molar-refractivity contribution in [3.63, 3.8) is 0 Å². The number of hydrogen-bond donors (Lipinski definition) is 2. The molecule has 2 aromatic rings. The Hall–Kier alpha value is -2.83. The average molecular weight is 287 g/mol. The maximum atomic E-state index is 10.7. The van der Waals surface area contributed by atoms with E-state index in [4.69, 9.17) is 0 Å². The number of rotatable bonds is 8. The Morgan fingerprint density at radius 3 is 2.86 bits per heavy atom. The lowest BCUT2D eigenvalue weighted by Gasteiger charge is -2.11. The van der Waals surface area contributed by atoms with Gasteiger partial charge in [-0.1, -0.05) is 18.2 Å². The Morgan fingerprint density at radius 1 is 1.38 bits per heavy atom. The number of hydrogen-bond acceptors (Lipinski definition) is 5. The summed E-state index contributed by atoms with van der Waals surface area (Å²) < 4.78 is 1.96. The summed E-state index contributed by atoms with van der Waals surface area (Å²) in [6.45, 7) is 1.43. The van der Waals surface area contributed by atoms with Crippen molar-refractivity contribution < 1.29 is 4.92 Å². The van der Waals surface area contributed by atoms with E-state index >= 15 is 0 Å². The molecule has 2 rings (SSSR count). The zero-order valence-electron chi connectivity index (χ0n) is 11.5. The molecule has 0 radical (unpaired) electrons. The fourth-order valence-electron chi connectivity index (χ4n) is 1.81. The molecule has 0 unspecified atom stereocenters. The van der Waals surface area contributed by atoms with Gasteiger partial charge < -0.3 is 15.2 Å². The third kappa shape index (κ3) is 5.35. The quantitative estimate of drug-likeness (QED) is 0.441. The van der Waals surface area contributed by atoms with Crippen LogP contribution in [0.4, 0.5) is 5.69 Å². The van der Waals surface area contributed by atoms with Crippen molar-refractivity contribution in [2.75, 3.05) is 11.9 Å². The van der Waals surface area contributed by atoms with Crippen LogP contribution in [0.15, 0.2) is 61.1 Å². The highest BCUT2D eigenvalue weighted by molar-refractivity contribution is 5.47. The molecule has 0 amide bonds. The van der Waals surface area contributed by atoms with Crippen LogP contribution in [0.3, 0.4) is 0 Å². The number of anilines is 1. The van der Waals surface area contributed by atoms with Gasteiger partial charge >= 0.3 is 0 Å². The molecule has 0 atom stereocenters. The van der Waals surface area contributed by atoms with E-state index in [1.165, 1.54) is 0 Å². The summed E-state index contributed by atoms with van der Waals surface area (Å²) in [6, 6.07) is 9.32. The Bertz CT molecular complexity index is 581. The first kappa shape index (κ1) is 14.6. The summed E-state index contributed by atoms with van der Waals surface area (Å²) >= 11 is 0. The average Bonchev–Trinajstić information content (AvgIpc) is 2.97. The summed E-state index contributed by atoms with van der Waals surface area (Å²) in [5, 5.41) is 16.7. The van der Waals surface area contributed by atoms with Crippen molar-refractivity contribution in [3.8, 4) is 0 Å². The molecular formula is C14H17N5O2. The van der Waals surface area contributed by atoms with Gasteiger partial charge in [0.05, 0.1) is 11.3 Å². The van der Waals surface area contributed by atoms with E-state index in [1.54, 1.807) is 12.5 Å². The molecule has 0 aliphatic carbocycles. The minimum Gasteiger partial charge on any atom is -0.366 e. The number of benzene rings is 1. The molecule has 0 aliphatic heterocycles. The van der Waals surface area contributed by atoms with Crippen molar-refractivity contribution in [2.24, 2.45) is 0 Å². The van der Waals surface area contributed by atoms with Gasteiger partial charge in [-0.15, -0.1) is 0 Å². The van der Waals surface area contributed by atoms with Crippen molar-refractivity contribution in [1.29, 1.82) is 0 Å². The summed E-state index contributed by atoms with van der Waals surface area (Å²) in [7, 11) is 0. The van der Waals surface area contributed by atoms with E-state index in [0.717, 1.165) is 24.9 Å². The second-order valence-corrected chi connectivity index (χ2v) is 4.40. The molecule has 1 aromatic heterocycles. The summed E-state index contributed by atoms with van der Waals surface area (Å²) in [5.41, 5.74) is 0.799. The van der Waals surface area contributed by atoms with E-state index in [1.807, 2.05) is 41.1 Å². The second kappa shape index (κ2) is 7.68. The normalized spacial score (nSPS) is 11.1. The molecular weight excluding hydrogens is 270 g/mol. The first-order valence-electron chi connectivity index (χ1n) is 6.61. The predicted molar refractivity (Wildman–Crippen MR) is 80.0 cm³/mol. The van der Waals surface area contributed by atoms with Gasteiger partial charge in [-0.2, -0.15) is 0 Å². The van der Waals surface area contributed by atoms with Gasteiger partial charge in [0.1, 0.15) is 0 Å². The van der Waals surface area contributed by atoms with E-state index in [-0.39, 0.29) is 0 Å². The summed E-state index contributed by atoms with van der Waals surface area (Å²) in [6.07, 6.45) is 7.13. The zero-order valence-corrected chi connectivity index (χ0v) is 11.5. The number of imidazole rings is 1. The van der Waals surface area contributed by atoms with Crippen molar-refractivity contribution in [2.45, 2.75) is 13.0 Å². The lowest BCUT2D eigenvalue weighted by molar-refractivity contribution is -0.403. The molecule has 0 saturated heterocycles. The SMILES string of the molecule is O=[N+]([O-])C=C(NCCCn1ccnc1)Nc1ccccc1. The molecule has 1 heterocycles. The van der Waals surface area contributed by atoms with Gasteiger partial charge in [-0.25, -0.2) is 4.98 Å².